The van der Waals surface area contributed by atoms with Crippen molar-refractivity contribution in [3.05, 3.63) is 59.7 Å². The van der Waals surface area contributed by atoms with Crippen molar-refractivity contribution in [1.29, 1.82) is 0 Å². The van der Waals surface area contributed by atoms with Crippen LogP contribution >= 0.6 is 0 Å². The summed E-state index contributed by atoms with van der Waals surface area (Å²) in [6.45, 7) is 0.193. The zero-order chi connectivity index (χ0) is 17.6. The molecular formula is C17H19NO5S. The summed E-state index contributed by atoms with van der Waals surface area (Å²) in [7, 11) is -1.88. The molecule has 1 N–H and O–H groups in total. The Kier molecular flexibility index (Phi) is 5.81. The number of sulfonamides is 1. The minimum atomic E-state index is -3.47. The van der Waals surface area contributed by atoms with Gasteiger partial charge in [-0.25, -0.2) is 13.2 Å². The molecule has 0 aliphatic carbocycles. The third-order valence-electron chi connectivity index (χ3n) is 3.23. The van der Waals surface area contributed by atoms with E-state index in [1.807, 2.05) is 24.3 Å². The van der Waals surface area contributed by atoms with E-state index in [-0.39, 0.29) is 17.9 Å². The number of nitrogens with one attached hydrogen (secondary N) is 1. The Balaban J connectivity index is 1.97. The van der Waals surface area contributed by atoms with Crippen LogP contribution in [-0.2, 0) is 21.2 Å². The summed E-state index contributed by atoms with van der Waals surface area (Å²) in [6.07, 6.45) is 1.58. The number of hydrogen-bond acceptors (Lipinski definition) is 5. The van der Waals surface area contributed by atoms with Gasteiger partial charge in [0, 0.05) is 6.42 Å². The maximum atomic E-state index is 12.2. The van der Waals surface area contributed by atoms with Crippen molar-refractivity contribution in [3.8, 4) is 5.75 Å². The summed E-state index contributed by atoms with van der Waals surface area (Å²) in [5.74, 6) is 0.187. The predicted octanol–water partition coefficient (Wildman–Crippen LogP) is 2.47. The number of methoxy groups -OCH3 is 1. The zero-order valence-corrected chi connectivity index (χ0v) is 14.3. The third-order valence-corrected chi connectivity index (χ3v) is 3.82. The largest absolute Gasteiger partial charge is 0.497 e. The number of benzene rings is 2. The summed E-state index contributed by atoms with van der Waals surface area (Å²) in [5.41, 5.74) is 1.39. The van der Waals surface area contributed by atoms with Crippen LogP contribution in [0.3, 0.4) is 0 Å². The van der Waals surface area contributed by atoms with E-state index < -0.39 is 16.0 Å². The first-order valence-electron chi connectivity index (χ1n) is 7.26. The van der Waals surface area contributed by atoms with Crippen LogP contribution in [0.1, 0.15) is 15.9 Å². The SMILES string of the molecule is COc1ccc(CCOC(=O)c2ccccc2NS(C)(=O)=O)cc1. The molecule has 0 bridgehead atoms. The van der Waals surface area contributed by atoms with E-state index in [2.05, 4.69) is 4.72 Å². The second kappa shape index (κ2) is 7.83. The molecule has 0 saturated carbocycles. The number of anilines is 1. The van der Waals surface area contributed by atoms with Gasteiger partial charge in [-0.3, -0.25) is 4.72 Å². The highest BCUT2D eigenvalue weighted by Crippen LogP contribution is 2.18. The van der Waals surface area contributed by atoms with E-state index in [0.29, 0.717) is 6.42 Å². The molecule has 0 aliphatic rings. The number of carbonyl (C=O) groups is 1. The topological polar surface area (TPSA) is 81.7 Å². The lowest BCUT2D eigenvalue weighted by Gasteiger charge is -2.10. The van der Waals surface area contributed by atoms with Crippen LogP contribution in [0.4, 0.5) is 5.69 Å². The van der Waals surface area contributed by atoms with E-state index in [0.717, 1.165) is 17.6 Å². The highest BCUT2D eigenvalue weighted by atomic mass is 32.2. The van der Waals surface area contributed by atoms with Gasteiger partial charge in [-0.2, -0.15) is 0 Å². The predicted molar refractivity (Wildman–Crippen MR) is 91.9 cm³/mol. The fourth-order valence-corrected chi connectivity index (χ4v) is 2.66. The average Bonchev–Trinajstić information content (AvgIpc) is 2.54. The average molecular weight is 349 g/mol. The van der Waals surface area contributed by atoms with Gasteiger partial charge in [-0.05, 0) is 29.8 Å². The van der Waals surface area contributed by atoms with Gasteiger partial charge in [0.2, 0.25) is 10.0 Å². The number of para-hydroxylation sites is 1. The van der Waals surface area contributed by atoms with Gasteiger partial charge in [0.25, 0.3) is 0 Å². The lowest BCUT2D eigenvalue weighted by molar-refractivity contribution is 0.0510. The van der Waals surface area contributed by atoms with Crippen LogP contribution in [0.25, 0.3) is 0 Å². The second-order valence-electron chi connectivity index (χ2n) is 5.15. The minimum absolute atomic E-state index is 0.178. The van der Waals surface area contributed by atoms with Gasteiger partial charge >= 0.3 is 5.97 Å². The van der Waals surface area contributed by atoms with Gasteiger partial charge < -0.3 is 9.47 Å². The minimum Gasteiger partial charge on any atom is -0.497 e. The maximum absolute atomic E-state index is 12.2. The fourth-order valence-electron chi connectivity index (χ4n) is 2.08. The molecule has 0 aliphatic heterocycles. The van der Waals surface area contributed by atoms with Crippen molar-refractivity contribution in [3.63, 3.8) is 0 Å². The molecule has 0 heterocycles. The summed E-state index contributed by atoms with van der Waals surface area (Å²) in [4.78, 5) is 12.2. The molecule has 2 rings (SSSR count). The van der Waals surface area contributed by atoms with Crippen LogP contribution in [0.5, 0.6) is 5.75 Å². The van der Waals surface area contributed by atoms with Crippen LogP contribution < -0.4 is 9.46 Å². The Morgan fingerprint density at radius 3 is 2.38 bits per heavy atom. The lowest BCUT2D eigenvalue weighted by atomic mass is 10.1. The smallest absolute Gasteiger partial charge is 0.340 e. The fraction of sp³-hybridized carbons (Fsp3) is 0.235. The van der Waals surface area contributed by atoms with Crippen molar-refractivity contribution >= 4 is 21.7 Å². The van der Waals surface area contributed by atoms with Crippen molar-refractivity contribution in [2.24, 2.45) is 0 Å². The highest BCUT2D eigenvalue weighted by Gasteiger charge is 2.14. The van der Waals surface area contributed by atoms with Gasteiger partial charge in [-0.15, -0.1) is 0 Å². The maximum Gasteiger partial charge on any atom is 0.340 e. The Hall–Kier alpha value is -2.54. The summed E-state index contributed by atoms with van der Waals surface area (Å²) in [5, 5.41) is 0. The van der Waals surface area contributed by atoms with Gasteiger partial charge in [0.05, 0.1) is 31.2 Å². The molecule has 0 unspecified atom stereocenters. The third kappa shape index (κ3) is 5.27. The van der Waals surface area contributed by atoms with Crippen LogP contribution in [0, 0.1) is 0 Å². The van der Waals surface area contributed by atoms with E-state index in [9.17, 15) is 13.2 Å². The van der Waals surface area contributed by atoms with Crippen LogP contribution in [-0.4, -0.2) is 34.4 Å². The van der Waals surface area contributed by atoms with Gasteiger partial charge in [0.15, 0.2) is 0 Å². The van der Waals surface area contributed by atoms with Crippen molar-refractivity contribution in [1.82, 2.24) is 0 Å². The first-order valence-corrected chi connectivity index (χ1v) is 9.15. The quantitative estimate of drug-likeness (QED) is 0.777. The molecule has 7 heteroatoms. The molecule has 0 amide bonds. The molecule has 0 atom stereocenters. The standard InChI is InChI=1S/C17H19NO5S/c1-22-14-9-7-13(8-10-14)11-12-23-17(19)15-5-3-4-6-16(15)18-24(2,20)21/h3-10,18H,11-12H2,1-2H3. The first-order chi connectivity index (χ1) is 11.4. The van der Waals surface area contributed by atoms with E-state index >= 15 is 0 Å². The molecule has 0 saturated heterocycles. The van der Waals surface area contributed by atoms with Crippen molar-refractivity contribution in [2.75, 3.05) is 24.7 Å². The number of rotatable bonds is 7. The van der Waals surface area contributed by atoms with Crippen molar-refractivity contribution < 1.29 is 22.7 Å². The second-order valence-corrected chi connectivity index (χ2v) is 6.90. The molecular weight excluding hydrogens is 330 g/mol. The van der Waals surface area contributed by atoms with E-state index in [4.69, 9.17) is 9.47 Å². The molecule has 0 spiro atoms. The van der Waals surface area contributed by atoms with Gasteiger partial charge in [-0.1, -0.05) is 24.3 Å². The molecule has 0 radical (unpaired) electrons. The monoisotopic (exact) mass is 349 g/mol. The molecule has 24 heavy (non-hydrogen) atoms. The lowest BCUT2D eigenvalue weighted by Crippen LogP contribution is -2.15. The van der Waals surface area contributed by atoms with Gasteiger partial charge in [0.1, 0.15) is 5.75 Å². The Bertz CT molecular complexity index is 800. The number of ether oxygens (including phenoxy) is 2. The zero-order valence-electron chi connectivity index (χ0n) is 13.5. The summed E-state index contributed by atoms with van der Waals surface area (Å²) in [6, 6.07) is 13.8. The van der Waals surface area contributed by atoms with E-state index in [1.54, 1.807) is 19.2 Å². The number of esters is 1. The molecule has 2 aromatic rings. The molecule has 128 valence electrons. The Morgan fingerprint density at radius 2 is 1.75 bits per heavy atom. The molecule has 6 nitrogen and oxygen atoms in total. The van der Waals surface area contributed by atoms with Crippen LogP contribution in [0.2, 0.25) is 0 Å². The highest BCUT2D eigenvalue weighted by molar-refractivity contribution is 7.92. The molecule has 2 aromatic carbocycles. The number of carbonyl (C=O) groups excluding carboxylic acids is 1. The van der Waals surface area contributed by atoms with E-state index in [1.165, 1.54) is 12.1 Å². The first kappa shape index (κ1) is 17.8. The summed E-state index contributed by atoms with van der Waals surface area (Å²) < 4.78 is 35.3. The normalized spacial score (nSPS) is 10.9. The Labute approximate surface area is 141 Å². The molecule has 0 aromatic heterocycles. The Morgan fingerprint density at radius 1 is 1.08 bits per heavy atom. The van der Waals surface area contributed by atoms with Crippen LogP contribution in [0.15, 0.2) is 48.5 Å². The summed E-state index contributed by atoms with van der Waals surface area (Å²) >= 11 is 0. The molecule has 0 fully saturated rings. The number of hydrogen-bond donors (Lipinski definition) is 1. The van der Waals surface area contributed by atoms with Crippen molar-refractivity contribution in [2.45, 2.75) is 6.42 Å².